The van der Waals surface area contributed by atoms with Crippen LogP contribution >= 0.6 is 0 Å². The number of amides is 3. The van der Waals surface area contributed by atoms with Crippen molar-refractivity contribution in [3.8, 4) is 0 Å². The molecule has 1 unspecified atom stereocenters. The summed E-state index contributed by atoms with van der Waals surface area (Å²) in [4.78, 5) is 34.6. The lowest BCUT2D eigenvalue weighted by Gasteiger charge is -2.27. The van der Waals surface area contributed by atoms with Gasteiger partial charge in [-0.05, 0) is 6.42 Å². The van der Waals surface area contributed by atoms with E-state index in [1.165, 1.54) is 4.90 Å². The van der Waals surface area contributed by atoms with Gasteiger partial charge in [0.15, 0.2) is 0 Å². The highest BCUT2D eigenvalue weighted by atomic mass is 16.4. The van der Waals surface area contributed by atoms with Gasteiger partial charge in [0.25, 0.3) is 0 Å². The third kappa shape index (κ3) is 3.11. The molecule has 0 aliphatic carbocycles. The Morgan fingerprint density at radius 1 is 1.62 bits per heavy atom. The summed E-state index contributed by atoms with van der Waals surface area (Å²) in [6.07, 6.45) is 0.307. The Labute approximate surface area is 92.8 Å². The van der Waals surface area contributed by atoms with Crippen LogP contribution in [0.25, 0.3) is 0 Å². The predicted molar refractivity (Wildman–Crippen MR) is 54.8 cm³/mol. The van der Waals surface area contributed by atoms with Gasteiger partial charge in [0.1, 0.15) is 12.6 Å². The van der Waals surface area contributed by atoms with Crippen LogP contribution < -0.4 is 10.6 Å². The topological polar surface area (TPSA) is 98.7 Å². The van der Waals surface area contributed by atoms with Crippen LogP contribution in [0.3, 0.4) is 0 Å². The quantitative estimate of drug-likeness (QED) is 0.577. The second-order valence-corrected chi connectivity index (χ2v) is 3.52. The number of nitrogens with zero attached hydrogens (tertiary/aromatic N) is 1. The molecule has 7 heteroatoms. The molecule has 0 saturated carbocycles. The van der Waals surface area contributed by atoms with Crippen molar-refractivity contribution in [2.75, 3.05) is 19.6 Å². The van der Waals surface area contributed by atoms with Crippen LogP contribution in [0.5, 0.6) is 0 Å². The van der Waals surface area contributed by atoms with Gasteiger partial charge in [-0.1, -0.05) is 6.92 Å². The van der Waals surface area contributed by atoms with Crippen LogP contribution in [-0.4, -0.2) is 53.6 Å². The molecular formula is C9H15N3O4. The molecular weight excluding hydrogens is 214 g/mol. The number of hydrogen-bond acceptors (Lipinski definition) is 3. The molecule has 3 amide bonds. The smallest absolute Gasteiger partial charge is 0.326 e. The molecule has 1 aliphatic rings. The van der Waals surface area contributed by atoms with Crippen LogP contribution in [0, 0.1) is 0 Å². The number of rotatable bonds is 3. The first-order chi connectivity index (χ1) is 7.54. The summed E-state index contributed by atoms with van der Waals surface area (Å²) in [5.41, 5.74) is 0. The Morgan fingerprint density at radius 2 is 2.31 bits per heavy atom. The van der Waals surface area contributed by atoms with Crippen molar-refractivity contribution in [1.29, 1.82) is 0 Å². The van der Waals surface area contributed by atoms with E-state index in [-0.39, 0.29) is 12.5 Å². The Kier molecular flexibility index (Phi) is 4.10. The fraction of sp³-hybridized carbons (Fsp3) is 0.667. The molecule has 1 heterocycles. The average Bonchev–Trinajstić information content (AvgIpc) is 2.25. The lowest BCUT2D eigenvalue weighted by molar-refractivity contribution is -0.139. The van der Waals surface area contributed by atoms with E-state index >= 15 is 0 Å². The first kappa shape index (κ1) is 12.3. The Bertz CT molecular complexity index is 305. The van der Waals surface area contributed by atoms with E-state index in [2.05, 4.69) is 10.6 Å². The van der Waals surface area contributed by atoms with Gasteiger partial charge in [0, 0.05) is 13.1 Å². The molecule has 0 spiro atoms. The highest BCUT2D eigenvalue weighted by Crippen LogP contribution is 1.97. The largest absolute Gasteiger partial charge is 0.480 e. The van der Waals surface area contributed by atoms with Crippen LogP contribution in [0.15, 0.2) is 0 Å². The number of urea groups is 1. The lowest BCUT2D eigenvalue weighted by atomic mass is 10.2. The lowest BCUT2D eigenvalue weighted by Crippen LogP contribution is -2.55. The van der Waals surface area contributed by atoms with Crippen LogP contribution in [0.4, 0.5) is 4.79 Å². The van der Waals surface area contributed by atoms with Gasteiger partial charge in [-0.25, -0.2) is 9.59 Å². The maximum Gasteiger partial charge on any atom is 0.326 e. The fourth-order valence-corrected chi connectivity index (χ4v) is 1.39. The van der Waals surface area contributed by atoms with Crippen LogP contribution in [0.2, 0.25) is 0 Å². The van der Waals surface area contributed by atoms with Crippen molar-refractivity contribution in [2.24, 2.45) is 0 Å². The maximum atomic E-state index is 11.6. The van der Waals surface area contributed by atoms with Crippen molar-refractivity contribution in [2.45, 2.75) is 19.4 Å². The molecule has 1 rings (SSSR count). The SMILES string of the molecule is CCC(NC(=O)N1CCNC(=O)C1)C(=O)O. The molecule has 1 fully saturated rings. The van der Waals surface area contributed by atoms with E-state index in [0.717, 1.165) is 0 Å². The minimum Gasteiger partial charge on any atom is -0.480 e. The van der Waals surface area contributed by atoms with Crippen LogP contribution in [-0.2, 0) is 9.59 Å². The molecule has 7 nitrogen and oxygen atoms in total. The number of aliphatic carboxylic acids is 1. The molecule has 90 valence electrons. The van der Waals surface area contributed by atoms with Crippen molar-refractivity contribution < 1.29 is 19.5 Å². The van der Waals surface area contributed by atoms with Crippen molar-refractivity contribution >= 4 is 17.9 Å². The summed E-state index contributed by atoms with van der Waals surface area (Å²) in [6.45, 7) is 2.44. The van der Waals surface area contributed by atoms with Gasteiger partial charge in [-0.15, -0.1) is 0 Å². The van der Waals surface area contributed by atoms with E-state index in [1.807, 2.05) is 0 Å². The van der Waals surface area contributed by atoms with Gasteiger partial charge in [-0.2, -0.15) is 0 Å². The number of carbonyl (C=O) groups excluding carboxylic acids is 2. The van der Waals surface area contributed by atoms with Crippen LogP contribution in [0.1, 0.15) is 13.3 Å². The molecule has 3 N–H and O–H groups in total. The molecule has 0 radical (unpaired) electrons. The number of piperazine rings is 1. The van der Waals surface area contributed by atoms with Crippen molar-refractivity contribution in [1.82, 2.24) is 15.5 Å². The van der Waals surface area contributed by atoms with E-state index in [0.29, 0.717) is 19.5 Å². The molecule has 0 aromatic carbocycles. The number of nitrogens with one attached hydrogen (secondary N) is 2. The summed E-state index contributed by atoms with van der Waals surface area (Å²) in [5, 5.41) is 13.7. The highest BCUT2D eigenvalue weighted by molar-refractivity contribution is 5.87. The van der Waals surface area contributed by atoms with E-state index < -0.39 is 18.0 Å². The summed E-state index contributed by atoms with van der Waals surface area (Å²) >= 11 is 0. The summed E-state index contributed by atoms with van der Waals surface area (Å²) in [5.74, 6) is -1.30. The molecule has 16 heavy (non-hydrogen) atoms. The number of carbonyl (C=O) groups is 3. The fourth-order valence-electron chi connectivity index (χ4n) is 1.39. The number of carboxylic acids is 1. The summed E-state index contributed by atoms with van der Waals surface area (Å²) in [6, 6.07) is -1.42. The van der Waals surface area contributed by atoms with Gasteiger partial charge < -0.3 is 20.6 Å². The standard InChI is InChI=1S/C9H15N3O4/c1-2-6(8(14)15)11-9(16)12-4-3-10-7(13)5-12/h6H,2-5H2,1H3,(H,10,13)(H,11,16)(H,14,15). The van der Waals surface area contributed by atoms with Crippen molar-refractivity contribution in [3.63, 3.8) is 0 Å². The average molecular weight is 229 g/mol. The zero-order chi connectivity index (χ0) is 12.1. The number of carboxylic acid groups (broad SMARTS) is 1. The third-order valence-electron chi connectivity index (χ3n) is 2.33. The predicted octanol–water partition coefficient (Wildman–Crippen LogP) is -1.01. The Morgan fingerprint density at radius 3 is 2.81 bits per heavy atom. The third-order valence-corrected chi connectivity index (χ3v) is 2.33. The first-order valence-electron chi connectivity index (χ1n) is 5.09. The highest BCUT2D eigenvalue weighted by Gasteiger charge is 2.24. The number of hydrogen-bond donors (Lipinski definition) is 3. The zero-order valence-corrected chi connectivity index (χ0v) is 9.02. The molecule has 1 atom stereocenters. The monoisotopic (exact) mass is 229 g/mol. The summed E-state index contributed by atoms with van der Waals surface area (Å²) in [7, 11) is 0. The van der Waals surface area contributed by atoms with Gasteiger partial charge in [0.05, 0.1) is 0 Å². The zero-order valence-electron chi connectivity index (χ0n) is 9.02. The minimum atomic E-state index is -1.07. The van der Waals surface area contributed by atoms with Gasteiger partial charge in [-0.3, -0.25) is 4.79 Å². The Hall–Kier alpha value is -1.79. The normalized spacial score (nSPS) is 17.6. The molecule has 1 saturated heterocycles. The minimum absolute atomic E-state index is 0.0259. The maximum absolute atomic E-state index is 11.6. The molecule has 1 aliphatic heterocycles. The summed E-state index contributed by atoms with van der Waals surface area (Å²) < 4.78 is 0. The van der Waals surface area contributed by atoms with E-state index in [4.69, 9.17) is 5.11 Å². The van der Waals surface area contributed by atoms with E-state index in [1.54, 1.807) is 6.92 Å². The molecule has 0 aromatic heterocycles. The first-order valence-corrected chi connectivity index (χ1v) is 5.09. The second-order valence-electron chi connectivity index (χ2n) is 3.52. The molecule has 0 aromatic rings. The molecule has 0 bridgehead atoms. The van der Waals surface area contributed by atoms with E-state index in [9.17, 15) is 14.4 Å². The van der Waals surface area contributed by atoms with Gasteiger partial charge in [0.2, 0.25) is 5.91 Å². The van der Waals surface area contributed by atoms with Gasteiger partial charge >= 0.3 is 12.0 Å². The second kappa shape index (κ2) is 5.34. The Balaban J connectivity index is 2.50. The van der Waals surface area contributed by atoms with Crippen molar-refractivity contribution in [3.05, 3.63) is 0 Å².